The second kappa shape index (κ2) is 4.32. The van der Waals surface area contributed by atoms with Crippen LogP contribution in [0, 0.1) is 0 Å². The molecule has 4 nitrogen and oxygen atoms in total. The van der Waals surface area contributed by atoms with Gasteiger partial charge in [-0.1, -0.05) is 18.2 Å². The van der Waals surface area contributed by atoms with Crippen LogP contribution in [0.1, 0.15) is 6.92 Å². The van der Waals surface area contributed by atoms with Gasteiger partial charge in [-0.15, -0.1) is 0 Å². The molecule has 0 aliphatic heterocycles. The highest BCUT2D eigenvalue weighted by Gasteiger charge is 1.95. The van der Waals surface area contributed by atoms with Gasteiger partial charge in [-0.05, 0) is 6.07 Å². The highest BCUT2D eigenvalue weighted by molar-refractivity contribution is 5.90. The van der Waals surface area contributed by atoms with E-state index < -0.39 is 5.97 Å². The number of nitrogens with one attached hydrogen (secondary N) is 1. The number of rotatable bonds is 0. The standard InChI is InChI=1S/C8H8N2.C2H4O2/c9-7-5-10-8-4-2-1-3-6(7)8;1-2(3)4/h1-5,10H,9H2;1H3,(H,3,4). The fraction of sp³-hybridized carbons (Fsp3) is 0.100. The van der Waals surface area contributed by atoms with Crippen LogP contribution in [0.5, 0.6) is 0 Å². The van der Waals surface area contributed by atoms with Crippen LogP contribution in [0.2, 0.25) is 0 Å². The molecule has 0 spiro atoms. The number of carbonyl (C=O) groups is 1. The zero-order valence-corrected chi connectivity index (χ0v) is 7.82. The number of carboxylic acid groups (broad SMARTS) is 1. The summed E-state index contributed by atoms with van der Waals surface area (Å²) in [5.74, 6) is -0.833. The summed E-state index contributed by atoms with van der Waals surface area (Å²) in [4.78, 5) is 12.1. The van der Waals surface area contributed by atoms with Crippen LogP contribution in [0.3, 0.4) is 0 Å². The second-order valence-corrected chi connectivity index (χ2v) is 2.81. The molecule has 2 rings (SSSR count). The minimum absolute atomic E-state index is 0.815. The van der Waals surface area contributed by atoms with Crippen molar-refractivity contribution < 1.29 is 9.90 Å². The number of aromatic amines is 1. The van der Waals surface area contributed by atoms with E-state index in [9.17, 15) is 0 Å². The number of fused-ring (bicyclic) bond motifs is 1. The van der Waals surface area contributed by atoms with Crippen molar-refractivity contribution in [1.82, 2.24) is 4.98 Å². The predicted molar refractivity (Wildman–Crippen MR) is 56.0 cm³/mol. The van der Waals surface area contributed by atoms with Crippen LogP contribution in [-0.4, -0.2) is 16.1 Å². The van der Waals surface area contributed by atoms with Crippen LogP contribution in [0.4, 0.5) is 5.69 Å². The van der Waals surface area contributed by atoms with E-state index >= 15 is 0 Å². The summed E-state index contributed by atoms with van der Waals surface area (Å²) in [6.07, 6.45) is 1.81. The molecule has 0 aliphatic carbocycles. The van der Waals surface area contributed by atoms with E-state index in [4.69, 9.17) is 15.6 Å². The summed E-state index contributed by atoms with van der Waals surface area (Å²) in [6.45, 7) is 1.08. The molecule has 2 aromatic rings. The molecule has 0 radical (unpaired) electrons. The number of anilines is 1. The molecule has 1 heterocycles. The Hall–Kier alpha value is -1.97. The quantitative estimate of drug-likeness (QED) is 0.595. The van der Waals surface area contributed by atoms with Gasteiger partial charge in [-0.3, -0.25) is 4.79 Å². The van der Waals surface area contributed by atoms with Gasteiger partial charge in [0.25, 0.3) is 5.97 Å². The van der Waals surface area contributed by atoms with Gasteiger partial charge < -0.3 is 15.8 Å². The van der Waals surface area contributed by atoms with Crippen molar-refractivity contribution in [2.24, 2.45) is 0 Å². The molecular weight excluding hydrogens is 180 g/mol. The zero-order valence-electron chi connectivity index (χ0n) is 7.82. The third-order valence-electron chi connectivity index (χ3n) is 1.62. The molecule has 74 valence electrons. The van der Waals surface area contributed by atoms with Crippen molar-refractivity contribution in [3.63, 3.8) is 0 Å². The maximum atomic E-state index is 9.00. The lowest BCUT2D eigenvalue weighted by molar-refractivity contribution is -0.134. The zero-order chi connectivity index (χ0) is 10.6. The van der Waals surface area contributed by atoms with Crippen LogP contribution in [0.15, 0.2) is 30.5 Å². The Morgan fingerprint density at radius 1 is 1.43 bits per heavy atom. The van der Waals surface area contributed by atoms with Gasteiger partial charge in [0.1, 0.15) is 0 Å². The number of nitrogens with two attached hydrogens (primary N) is 1. The van der Waals surface area contributed by atoms with Crippen molar-refractivity contribution in [2.45, 2.75) is 6.92 Å². The van der Waals surface area contributed by atoms with Gasteiger partial charge >= 0.3 is 0 Å². The summed E-state index contributed by atoms with van der Waals surface area (Å²) in [5, 5.41) is 8.52. The molecule has 0 bridgehead atoms. The third-order valence-corrected chi connectivity index (χ3v) is 1.62. The Morgan fingerprint density at radius 3 is 2.57 bits per heavy atom. The van der Waals surface area contributed by atoms with E-state index in [-0.39, 0.29) is 0 Å². The normalized spacial score (nSPS) is 9.21. The van der Waals surface area contributed by atoms with Crippen molar-refractivity contribution in [2.75, 3.05) is 5.73 Å². The number of hydrogen-bond acceptors (Lipinski definition) is 2. The number of para-hydroxylation sites is 1. The van der Waals surface area contributed by atoms with Crippen LogP contribution in [0.25, 0.3) is 10.9 Å². The number of H-pyrrole nitrogens is 1. The molecule has 0 aliphatic rings. The predicted octanol–water partition coefficient (Wildman–Crippen LogP) is 1.84. The second-order valence-electron chi connectivity index (χ2n) is 2.81. The monoisotopic (exact) mass is 192 g/mol. The number of aliphatic carboxylic acids is 1. The maximum Gasteiger partial charge on any atom is 0.300 e. The Morgan fingerprint density at radius 2 is 2.00 bits per heavy atom. The molecule has 0 amide bonds. The fourth-order valence-electron chi connectivity index (χ4n) is 1.09. The number of nitrogen functional groups attached to an aromatic ring is 1. The minimum Gasteiger partial charge on any atom is -0.481 e. The summed E-state index contributed by atoms with van der Waals surface area (Å²) in [5.41, 5.74) is 7.56. The first-order chi connectivity index (χ1) is 6.61. The van der Waals surface area contributed by atoms with E-state index in [1.807, 2.05) is 30.5 Å². The van der Waals surface area contributed by atoms with E-state index in [0.717, 1.165) is 23.5 Å². The Bertz CT molecular complexity index is 430. The van der Waals surface area contributed by atoms with Gasteiger partial charge in [-0.25, -0.2) is 0 Å². The van der Waals surface area contributed by atoms with Crippen molar-refractivity contribution in [3.05, 3.63) is 30.5 Å². The average Bonchev–Trinajstić information content (AvgIpc) is 2.48. The molecule has 0 saturated heterocycles. The molecule has 1 aromatic heterocycles. The van der Waals surface area contributed by atoms with Crippen molar-refractivity contribution in [3.8, 4) is 0 Å². The van der Waals surface area contributed by atoms with Crippen molar-refractivity contribution in [1.29, 1.82) is 0 Å². The largest absolute Gasteiger partial charge is 0.481 e. The molecule has 1 aromatic carbocycles. The maximum absolute atomic E-state index is 9.00. The summed E-state index contributed by atoms with van der Waals surface area (Å²) in [7, 11) is 0. The smallest absolute Gasteiger partial charge is 0.300 e. The molecule has 14 heavy (non-hydrogen) atoms. The lowest BCUT2D eigenvalue weighted by Gasteiger charge is -1.87. The molecule has 0 saturated carbocycles. The SMILES string of the molecule is CC(=O)O.Nc1c[nH]c2ccccc12. The minimum atomic E-state index is -0.833. The Kier molecular flexibility index (Phi) is 3.12. The summed E-state index contributed by atoms with van der Waals surface area (Å²) >= 11 is 0. The summed E-state index contributed by atoms with van der Waals surface area (Å²) in [6, 6.07) is 7.97. The Labute approximate surface area is 81.4 Å². The van der Waals surface area contributed by atoms with Crippen molar-refractivity contribution >= 4 is 22.6 Å². The van der Waals surface area contributed by atoms with E-state index in [1.54, 1.807) is 0 Å². The van der Waals surface area contributed by atoms with Gasteiger partial charge in [0.2, 0.25) is 0 Å². The number of benzene rings is 1. The topological polar surface area (TPSA) is 79.1 Å². The Balaban J connectivity index is 0.000000213. The first kappa shape index (κ1) is 10.1. The van der Waals surface area contributed by atoms with Gasteiger partial charge in [-0.2, -0.15) is 0 Å². The highest BCUT2D eigenvalue weighted by atomic mass is 16.4. The molecule has 0 fully saturated rings. The van der Waals surface area contributed by atoms with Gasteiger partial charge in [0, 0.05) is 24.0 Å². The number of carboxylic acids is 1. The third kappa shape index (κ3) is 2.52. The van der Waals surface area contributed by atoms with Crippen LogP contribution in [-0.2, 0) is 4.79 Å². The molecule has 4 heteroatoms. The van der Waals surface area contributed by atoms with E-state index in [1.165, 1.54) is 0 Å². The van der Waals surface area contributed by atoms with Gasteiger partial charge in [0.05, 0.1) is 5.69 Å². The van der Waals surface area contributed by atoms with Gasteiger partial charge in [0.15, 0.2) is 0 Å². The lowest BCUT2D eigenvalue weighted by atomic mass is 10.2. The summed E-state index contributed by atoms with van der Waals surface area (Å²) < 4.78 is 0. The number of hydrogen-bond donors (Lipinski definition) is 3. The van der Waals surface area contributed by atoms with Crippen LogP contribution < -0.4 is 5.73 Å². The van der Waals surface area contributed by atoms with Crippen LogP contribution >= 0.6 is 0 Å². The molecule has 4 N–H and O–H groups in total. The molecule has 0 atom stereocenters. The van der Waals surface area contributed by atoms with E-state index in [0.29, 0.717) is 0 Å². The number of aromatic nitrogens is 1. The average molecular weight is 192 g/mol. The van der Waals surface area contributed by atoms with E-state index in [2.05, 4.69) is 4.98 Å². The first-order valence-electron chi connectivity index (χ1n) is 4.12. The highest BCUT2D eigenvalue weighted by Crippen LogP contribution is 2.18. The fourth-order valence-corrected chi connectivity index (χ4v) is 1.09. The molecule has 0 unspecified atom stereocenters. The molecular formula is C10H12N2O2. The first-order valence-corrected chi connectivity index (χ1v) is 4.12. The lowest BCUT2D eigenvalue weighted by Crippen LogP contribution is -1.78.